The molecule has 0 aromatic heterocycles. The molecule has 4 nitrogen and oxygen atoms in total. The number of anilines is 2. The van der Waals surface area contributed by atoms with E-state index in [1.165, 1.54) is 12.1 Å². The van der Waals surface area contributed by atoms with Crippen LogP contribution < -0.4 is 11.1 Å². The summed E-state index contributed by atoms with van der Waals surface area (Å²) in [4.78, 5) is 16.8. The number of aryl methyl sites for hydroxylation is 1. The lowest BCUT2D eigenvalue weighted by Gasteiger charge is -2.20. The second-order valence-electron chi connectivity index (χ2n) is 8.08. The summed E-state index contributed by atoms with van der Waals surface area (Å²) < 4.78 is 13.0. The van der Waals surface area contributed by atoms with Crippen molar-refractivity contribution < 1.29 is 9.18 Å². The minimum absolute atomic E-state index is 0.0207. The molecule has 2 rings (SSSR count). The Hall–Kier alpha value is -2.69. The van der Waals surface area contributed by atoms with Gasteiger partial charge in [0.2, 0.25) is 5.91 Å². The molecule has 0 aliphatic carbocycles. The molecule has 3 N–H and O–H groups in total. The second kappa shape index (κ2) is 8.33. The van der Waals surface area contributed by atoms with Gasteiger partial charge in [0.1, 0.15) is 5.82 Å². The van der Waals surface area contributed by atoms with E-state index in [1.54, 1.807) is 18.3 Å². The standard InChI is InChI=1S/C22H28FN3O/c1-14-10-19(24)18(13-25-12-16-6-8-17(23)9-7-16)15(2)21(14)26-20(27)11-22(3,4)5/h6-10,13H,11-12,24H2,1-5H3,(H,26,27). The lowest BCUT2D eigenvalue weighted by molar-refractivity contribution is -0.117. The first-order valence-corrected chi connectivity index (χ1v) is 9.00. The molecule has 0 radical (unpaired) electrons. The smallest absolute Gasteiger partial charge is 0.224 e. The SMILES string of the molecule is Cc1cc(N)c(C=NCc2ccc(F)cc2)c(C)c1NC(=O)CC(C)(C)C. The Bertz CT molecular complexity index is 849. The number of carbonyl (C=O) groups is 1. The number of nitrogens with one attached hydrogen (secondary N) is 1. The van der Waals surface area contributed by atoms with E-state index in [0.29, 0.717) is 18.7 Å². The molecular formula is C22H28FN3O. The first-order chi connectivity index (χ1) is 12.6. The van der Waals surface area contributed by atoms with Gasteiger partial charge in [-0.1, -0.05) is 32.9 Å². The third-order valence-electron chi connectivity index (χ3n) is 4.22. The summed E-state index contributed by atoms with van der Waals surface area (Å²) in [6.07, 6.45) is 2.15. The van der Waals surface area contributed by atoms with Crippen molar-refractivity contribution in [3.05, 3.63) is 58.4 Å². The molecule has 0 spiro atoms. The minimum atomic E-state index is -0.267. The molecule has 144 valence electrons. The Kier molecular flexibility index (Phi) is 6.37. The van der Waals surface area contributed by atoms with Crippen molar-refractivity contribution in [1.29, 1.82) is 0 Å². The number of nitrogens with zero attached hydrogens (tertiary/aromatic N) is 1. The number of rotatable bonds is 5. The van der Waals surface area contributed by atoms with Crippen LogP contribution in [0.15, 0.2) is 35.3 Å². The third kappa shape index (κ3) is 5.91. The normalized spacial score (nSPS) is 11.8. The summed E-state index contributed by atoms with van der Waals surface area (Å²) in [5.74, 6) is -0.287. The maximum Gasteiger partial charge on any atom is 0.224 e. The van der Waals surface area contributed by atoms with Crippen LogP contribution in [-0.4, -0.2) is 12.1 Å². The molecule has 1 amide bonds. The van der Waals surface area contributed by atoms with Crippen molar-refractivity contribution in [3.63, 3.8) is 0 Å². The molecule has 0 bridgehead atoms. The van der Waals surface area contributed by atoms with E-state index in [4.69, 9.17) is 5.73 Å². The zero-order valence-electron chi connectivity index (χ0n) is 16.7. The first-order valence-electron chi connectivity index (χ1n) is 9.00. The van der Waals surface area contributed by atoms with Crippen LogP contribution in [0.1, 0.15) is 49.4 Å². The molecule has 0 atom stereocenters. The molecule has 0 unspecified atom stereocenters. The molecule has 0 heterocycles. The number of nitrogens with two attached hydrogens (primary N) is 1. The predicted molar refractivity (Wildman–Crippen MR) is 111 cm³/mol. The number of amides is 1. The average molecular weight is 369 g/mol. The van der Waals surface area contributed by atoms with Crippen molar-refractivity contribution in [3.8, 4) is 0 Å². The van der Waals surface area contributed by atoms with Gasteiger partial charge in [-0.3, -0.25) is 9.79 Å². The van der Waals surface area contributed by atoms with Crippen LogP contribution in [0.25, 0.3) is 0 Å². The Morgan fingerprint density at radius 2 is 1.85 bits per heavy atom. The number of carbonyl (C=O) groups excluding carboxylic acids is 1. The van der Waals surface area contributed by atoms with Gasteiger partial charge in [0, 0.05) is 29.6 Å². The number of hydrogen-bond acceptors (Lipinski definition) is 3. The maximum atomic E-state index is 13.0. The van der Waals surface area contributed by atoms with E-state index in [0.717, 1.165) is 27.9 Å². The van der Waals surface area contributed by atoms with Crippen LogP contribution in [0.3, 0.4) is 0 Å². The highest BCUT2D eigenvalue weighted by Crippen LogP contribution is 2.29. The minimum Gasteiger partial charge on any atom is -0.398 e. The fraction of sp³-hybridized carbons (Fsp3) is 0.364. The maximum absolute atomic E-state index is 13.0. The monoisotopic (exact) mass is 369 g/mol. The van der Waals surface area contributed by atoms with E-state index < -0.39 is 0 Å². The molecule has 0 fully saturated rings. The van der Waals surface area contributed by atoms with Gasteiger partial charge in [-0.2, -0.15) is 0 Å². The Morgan fingerprint density at radius 3 is 2.44 bits per heavy atom. The van der Waals surface area contributed by atoms with Crippen molar-refractivity contribution in [2.24, 2.45) is 10.4 Å². The molecule has 2 aromatic rings. The van der Waals surface area contributed by atoms with Crippen LogP contribution in [-0.2, 0) is 11.3 Å². The van der Waals surface area contributed by atoms with Crippen molar-refractivity contribution in [2.75, 3.05) is 11.1 Å². The van der Waals surface area contributed by atoms with Gasteiger partial charge < -0.3 is 11.1 Å². The zero-order valence-corrected chi connectivity index (χ0v) is 16.7. The van der Waals surface area contributed by atoms with E-state index in [2.05, 4.69) is 10.3 Å². The lowest BCUT2D eigenvalue weighted by Crippen LogP contribution is -2.21. The Labute approximate surface area is 160 Å². The van der Waals surface area contributed by atoms with Crippen molar-refractivity contribution >= 4 is 23.5 Å². The lowest BCUT2D eigenvalue weighted by atomic mass is 9.91. The number of nitrogen functional groups attached to an aromatic ring is 1. The van der Waals surface area contributed by atoms with Crippen molar-refractivity contribution in [2.45, 2.75) is 47.6 Å². The summed E-state index contributed by atoms with van der Waals surface area (Å²) in [5.41, 5.74) is 11.0. The molecule has 27 heavy (non-hydrogen) atoms. The second-order valence-corrected chi connectivity index (χ2v) is 8.08. The average Bonchev–Trinajstić information content (AvgIpc) is 2.54. The van der Waals surface area contributed by atoms with Gasteiger partial charge in [0.05, 0.1) is 6.54 Å². The molecule has 0 saturated carbocycles. The largest absolute Gasteiger partial charge is 0.398 e. The summed E-state index contributed by atoms with van der Waals surface area (Å²) in [5, 5.41) is 3.02. The van der Waals surface area contributed by atoms with Crippen molar-refractivity contribution in [1.82, 2.24) is 0 Å². The Morgan fingerprint density at radius 1 is 1.22 bits per heavy atom. The molecule has 0 saturated heterocycles. The summed E-state index contributed by atoms with van der Waals surface area (Å²) in [6.45, 7) is 10.4. The number of halogens is 1. The van der Waals surface area contributed by atoms with Gasteiger partial charge in [0.15, 0.2) is 0 Å². The Balaban J connectivity index is 2.22. The molecule has 2 aromatic carbocycles. The fourth-order valence-corrected chi connectivity index (χ4v) is 2.89. The topological polar surface area (TPSA) is 67.5 Å². The van der Waals surface area contributed by atoms with E-state index in [9.17, 15) is 9.18 Å². The quantitative estimate of drug-likeness (QED) is 0.574. The molecular weight excluding hydrogens is 341 g/mol. The van der Waals surface area contributed by atoms with Gasteiger partial charge in [-0.25, -0.2) is 4.39 Å². The fourth-order valence-electron chi connectivity index (χ4n) is 2.89. The third-order valence-corrected chi connectivity index (χ3v) is 4.22. The van der Waals surface area contributed by atoms with Gasteiger partial charge in [0.25, 0.3) is 0 Å². The van der Waals surface area contributed by atoms with Gasteiger partial charge >= 0.3 is 0 Å². The van der Waals surface area contributed by atoms with Crippen LogP contribution in [0, 0.1) is 25.1 Å². The van der Waals surface area contributed by atoms with Crippen LogP contribution in [0.2, 0.25) is 0 Å². The van der Waals surface area contributed by atoms with Gasteiger partial charge in [-0.15, -0.1) is 0 Å². The van der Waals surface area contributed by atoms with Crippen LogP contribution >= 0.6 is 0 Å². The van der Waals surface area contributed by atoms with Crippen LogP contribution in [0.5, 0.6) is 0 Å². The van der Waals surface area contributed by atoms with Gasteiger partial charge in [-0.05, 0) is 54.2 Å². The summed E-state index contributed by atoms with van der Waals surface area (Å²) >= 11 is 0. The zero-order chi connectivity index (χ0) is 20.2. The van der Waals surface area contributed by atoms with E-state index in [1.807, 2.05) is 40.7 Å². The predicted octanol–water partition coefficient (Wildman–Crippen LogP) is 5.02. The summed E-state index contributed by atoms with van der Waals surface area (Å²) in [7, 11) is 0. The highest BCUT2D eigenvalue weighted by Gasteiger charge is 2.18. The highest BCUT2D eigenvalue weighted by molar-refractivity contribution is 5.97. The summed E-state index contributed by atoms with van der Waals surface area (Å²) in [6, 6.07) is 8.09. The van der Waals surface area contributed by atoms with E-state index in [-0.39, 0.29) is 17.1 Å². The van der Waals surface area contributed by atoms with E-state index >= 15 is 0 Å². The molecule has 0 aliphatic heterocycles. The number of benzene rings is 2. The first kappa shape index (κ1) is 20.6. The number of aliphatic imine (C=N–C) groups is 1. The number of hydrogen-bond donors (Lipinski definition) is 2. The van der Waals surface area contributed by atoms with Crippen LogP contribution in [0.4, 0.5) is 15.8 Å². The molecule has 0 aliphatic rings. The molecule has 5 heteroatoms. The highest BCUT2D eigenvalue weighted by atomic mass is 19.1.